The molecule has 0 radical (unpaired) electrons. The number of amides is 1. The SMILES string of the molecule is CC#Cc1cc(N)cc(C2Cc3nc(OC)nc(N4CCCn5nc(C(=O)N(C)C)c(Cl)c5C4)c3CO2)c1C(F)(F)F. The number of aryl methyl sites for hydroxylation is 1. The molecule has 0 fully saturated rings. The number of hydrogen-bond acceptors (Lipinski definition) is 8. The van der Waals surface area contributed by atoms with Gasteiger partial charge in [-0.05, 0) is 31.0 Å². The molecule has 0 spiro atoms. The van der Waals surface area contributed by atoms with E-state index < -0.39 is 17.8 Å². The van der Waals surface area contributed by atoms with Gasteiger partial charge in [0.15, 0.2) is 5.69 Å². The van der Waals surface area contributed by atoms with Crippen molar-refractivity contribution in [2.75, 3.05) is 38.4 Å². The summed E-state index contributed by atoms with van der Waals surface area (Å²) in [6.45, 7) is 2.81. The molecule has 2 aliphatic heterocycles. The van der Waals surface area contributed by atoms with E-state index in [1.165, 1.54) is 31.1 Å². The highest BCUT2D eigenvalue weighted by atomic mass is 35.5. The number of ether oxygens (including phenoxy) is 2. The number of aromatic nitrogens is 4. The number of carbonyl (C=O) groups is 1. The molecule has 1 unspecified atom stereocenters. The van der Waals surface area contributed by atoms with Crippen molar-refractivity contribution in [2.45, 2.75) is 51.7 Å². The first-order valence-corrected chi connectivity index (χ1v) is 13.5. The van der Waals surface area contributed by atoms with Crippen LogP contribution in [0, 0.1) is 11.8 Å². The molecule has 3 aromatic rings. The number of benzene rings is 1. The lowest BCUT2D eigenvalue weighted by atomic mass is 9.91. The van der Waals surface area contributed by atoms with E-state index in [1.54, 1.807) is 18.8 Å². The third-order valence-corrected chi connectivity index (χ3v) is 7.56. The monoisotopic (exact) mass is 603 g/mol. The topological polar surface area (TPSA) is 112 Å². The van der Waals surface area contributed by atoms with E-state index in [-0.39, 0.29) is 59.0 Å². The number of halogens is 4. The third kappa shape index (κ3) is 5.44. The van der Waals surface area contributed by atoms with Gasteiger partial charge in [-0.3, -0.25) is 9.48 Å². The molecule has 0 saturated carbocycles. The van der Waals surface area contributed by atoms with Crippen LogP contribution in [0.2, 0.25) is 5.02 Å². The molecule has 0 aliphatic carbocycles. The van der Waals surface area contributed by atoms with Gasteiger partial charge in [-0.2, -0.15) is 28.2 Å². The van der Waals surface area contributed by atoms with Crippen LogP contribution in [0.4, 0.5) is 24.7 Å². The second-order valence-corrected chi connectivity index (χ2v) is 10.6. The highest BCUT2D eigenvalue weighted by Gasteiger charge is 2.40. The molecule has 0 bridgehead atoms. The van der Waals surface area contributed by atoms with Gasteiger partial charge in [-0.1, -0.05) is 17.5 Å². The molecule has 1 amide bonds. The van der Waals surface area contributed by atoms with Crippen LogP contribution in [0.5, 0.6) is 6.01 Å². The number of nitrogen functional groups attached to an aromatic ring is 1. The molecule has 222 valence electrons. The zero-order valence-electron chi connectivity index (χ0n) is 23.5. The summed E-state index contributed by atoms with van der Waals surface area (Å²) in [5, 5.41) is 4.72. The maximum absolute atomic E-state index is 14.3. The second-order valence-electron chi connectivity index (χ2n) is 10.2. The van der Waals surface area contributed by atoms with Crippen molar-refractivity contribution in [2.24, 2.45) is 0 Å². The van der Waals surface area contributed by atoms with Gasteiger partial charge in [-0.15, -0.1) is 5.92 Å². The maximum Gasteiger partial charge on any atom is 0.417 e. The highest BCUT2D eigenvalue weighted by molar-refractivity contribution is 6.34. The van der Waals surface area contributed by atoms with Crippen LogP contribution in [0.15, 0.2) is 12.1 Å². The quantitative estimate of drug-likeness (QED) is 0.348. The van der Waals surface area contributed by atoms with Crippen LogP contribution in [0.25, 0.3) is 0 Å². The molecular formula is C28H29ClF3N7O3. The fourth-order valence-electron chi connectivity index (χ4n) is 5.29. The van der Waals surface area contributed by atoms with Crippen molar-refractivity contribution >= 4 is 29.0 Å². The van der Waals surface area contributed by atoms with Crippen LogP contribution in [-0.2, 0) is 37.0 Å². The van der Waals surface area contributed by atoms with Gasteiger partial charge in [0.1, 0.15) is 5.82 Å². The number of methoxy groups -OCH3 is 1. The van der Waals surface area contributed by atoms with Gasteiger partial charge in [0.2, 0.25) is 0 Å². The average molecular weight is 604 g/mol. The molecule has 2 N–H and O–H groups in total. The zero-order chi connectivity index (χ0) is 30.3. The van der Waals surface area contributed by atoms with Crippen molar-refractivity contribution in [3.8, 4) is 17.9 Å². The first kappa shape index (κ1) is 29.5. The molecule has 42 heavy (non-hydrogen) atoms. The number of rotatable bonds is 4. The Morgan fingerprint density at radius 1 is 1.26 bits per heavy atom. The Hall–Kier alpha value is -4.02. The second kappa shape index (κ2) is 11.3. The maximum atomic E-state index is 14.3. The predicted molar refractivity (Wildman–Crippen MR) is 149 cm³/mol. The normalized spacial score (nSPS) is 16.6. The minimum absolute atomic E-state index is 0.0285. The van der Waals surface area contributed by atoms with E-state index in [2.05, 4.69) is 26.9 Å². The Bertz CT molecular complexity index is 1610. The lowest BCUT2D eigenvalue weighted by Gasteiger charge is -2.31. The van der Waals surface area contributed by atoms with Gasteiger partial charge in [-0.25, -0.2) is 0 Å². The summed E-state index contributed by atoms with van der Waals surface area (Å²) in [5.41, 5.74) is 6.90. The molecule has 5 rings (SSSR count). The van der Waals surface area contributed by atoms with Crippen LogP contribution < -0.4 is 15.4 Å². The number of carbonyl (C=O) groups excluding carboxylic acids is 1. The van der Waals surface area contributed by atoms with E-state index in [0.29, 0.717) is 42.3 Å². The Morgan fingerprint density at radius 2 is 2.02 bits per heavy atom. The van der Waals surface area contributed by atoms with E-state index in [1.807, 2.05) is 4.90 Å². The summed E-state index contributed by atoms with van der Waals surface area (Å²) in [4.78, 5) is 25.1. The summed E-state index contributed by atoms with van der Waals surface area (Å²) in [6.07, 6.45) is -4.96. The fraction of sp³-hybridized carbons (Fsp3) is 0.429. The van der Waals surface area contributed by atoms with Crippen LogP contribution in [0.1, 0.15) is 63.6 Å². The fourth-order valence-corrected chi connectivity index (χ4v) is 5.56. The van der Waals surface area contributed by atoms with E-state index in [4.69, 9.17) is 26.8 Å². The molecular weight excluding hydrogens is 575 g/mol. The number of fused-ring (bicyclic) bond motifs is 2. The minimum Gasteiger partial charge on any atom is -0.467 e. The summed E-state index contributed by atoms with van der Waals surface area (Å²) < 4.78 is 56.0. The molecule has 10 nitrogen and oxygen atoms in total. The zero-order valence-corrected chi connectivity index (χ0v) is 24.2. The van der Waals surface area contributed by atoms with E-state index in [0.717, 1.165) is 0 Å². The number of nitrogens with zero attached hydrogens (tertiary/aromatic N) is 6. The standard InChI is InChI=1S/C28H29ClF3N7O3/c1-5-7-15-10-16(33)11-17(22(15)28(30,31)32)21-12-19-18(14-42-21)25(35-27(34-19)41-4)38-8-6-9-39-20(13-38)23(29)24(36-39)26(40)37(2)3/h10-11,21H,6,8-9,12-14,33H2,1-4H3. The molecule has 2 aliphatic rings. The lowest BCUT2D eigenvalue weighted by Crippen LogP contribution is -2.29. The van der Waals surface area contributed by atoms with E-state index in [9.17, 15) is 18.0 Å². The summed E-state index contributed by atoms with van der Waals surface area (Å²) >= 11 is 6.64. The summed E-state index contributed by atoms with van der Waals surface area (Å²) in [7, 11) is 4.68. The van der Waals surface area contributed by atoms with E-state index >= 15 is 0 Å². The lowest BCUT2D eigenvalue weighted by molar-refractivity contribution is -0.140. The number of alkyl halides is 3. The average Bonchev–Trinajstić information content (AvgIpc) is 3.10. The van der Waals surface area contributed by atoms with Crippen LogP contribution >= 0.6 is 11.6 Å². The predicted octanol–water partition coefficient (Wildman–Crippen LogP) is 4.23. The molecule has 0 saturated heterocycles. The van der Waals surface area contributed by atoms with Gasteiger partial charge >= 0.3 is 12.2 Å². The van der Waals surface area contributed by atoms with Crippen LogP contribution in [0.3, 0.4) is 0 Å². The molecule has 1 aromatic carbocycles. The highest BCUT2D eigenvalue weighted by Crippen LogP contribution is 2.43. The Labute approximate surface area is 245 Å². The Morgan fingerprint density at radius 3 is 2.69 bits per heavy atom. The van der Waals surface area contributed by atoms with Crippen molar-refractivity contribution in [1.82, 2.24) is 24.6 Å². The van der Waals surface area contributed by atoms with Crippen molar-refractivity contribution < 1.29 is 27.4 Å². The number of nitrogens with two attached hydrogens (primary N) is 1. The van der Waals surface area contributed by atoms with Gasteiger partial charge in [0.05, 0.1) is 48.3 Å². The van der Waals surface area contributed by atoms with Crippen LogP contribution in [-0.4, -0.2) is 58.3 Å². The Balaban J connectivity index is 1.54. The summed E-state index contributed by atoms with van der Waals surface area (Å²) in [5.74, 6) is 5.27. The molecule has 4 heterocycles. The third-order valence-electron chi connectivity index (χ3n) is 7.16. The smallest absolute Gasteiger partial charge is 0.417 e. The van der Waals surface area contributed by atoms with Gasteiger partial charge < -0.3 is 25.0 Å². The minimum atomic E-state index is -4.68. The molecule has 2 aromatic heterocycles. The number of anilines is 2. The molecule has 1 atom stereocenters. The largest absolute Gasteiger partial charge is 0.467 e. The van der Waals surface area contributed by atoms with Gasteiger partial charge in [0.25, 0.3) is 5.91 Å². The first-order chi connectivity index (χ1) is 19.9. The molecule has 14 heteroatoms. The van der Waals surface area contributed by atoms with Crippen molar-refractivity contribution in [3.05, 3.63) is 56.5 Å². The number of hydrogen-bond donors (Lipinski definition) is 1. The Kier molecular flexibility index (Phi) is 7.96. The van der Waals surface area contributed by atoms with Gasteiger partial charge in [0, 0.05) is 50.4 Å². The van der Waals surface area contributed by atoms with Crippen molar-refractivity contribution in [1.29, 1.82) is 0 Å². The first-order valence-electron chi connectivity index (χ1n) is 13.1. The summed E-state index contributed by atoms with van der Waals surface area (Å²) in [6, 6.07) is 2.57. The van der Waals surface area contributed by atoms with Crippen molar-refractivity contribution in [3.63, 3.8) is 0 Å².